The van der Waals surface area contributed by atoms with Crippen LogP contribution in [-0.4, -0.2) is 52.2 Å². The zero-order valence-corrected chi connectivity index (χ0v) is 13.3. The summed E-state index contributed by atoms with van der Waals surface area (Å²) in [4.78, 5) is 22.5. The van der Waals surface area contributed by atoms with Crippen LogP contribution in [0.5, 0.6) is 0 Å². The van der Waals surface area contributed by atoms with E-state index in [-0.39, 0.29) is 11.2 Å². The Kier molecular flexibility index (Phi) is 8.22. The molecule has 0 aromatic carbocycles. The number of amides is 1. The predicted octanol–water partition coefficient (Wildman–Crippen LogP) is 1.81. The molecule has 1 N–H and O–H groups in total. The topological polar surface area (TPSA) is 58.1 Å². The van der Waals surface area contributed by atoms with E-state index in [4.69, 9.17) is 0 Å². The Morgan fingerprint density at radius 1 is 1.35 bits per heavy atom. The highest BCUT2D eigenvalue weighted by molar-refractivity contribution is 8.00. The van der Waals surface area contributed by atoms with Crippen LogP contribution in [-0.2, 0) is 4.79 Å². The summed E-state index contributed by atoms with van der Waals surface area (Å²) in [6, 6.07) is 1.77. The van der Waals surface area contributed by atoms with Crippen LogP contribution in [0.1, 0.15) is 27.2 Å². The van der Waals surface area contributed by atoms with Crippen molar-refractivity contribution < 1.29 is 4.79 Å². The fourth-order valence-electron chi connectivity index (χ4n) is 1.76. The number of rotatable bonds is 9. The van der Waals surface area contributed by atoms with E-state index in [1.165, 1.54) is 11.8 Å². The maximum absolute atomic E-state index is 11.9. The second kappa shape index (κ2) is 9.72. The quantitative estimate of drug-likeness (QED) is 0.428. The van der Waals surface area contributed by atoms with E-state index in [2.05, 4.69) is 34.0 Å². The van der Waals surface area contributed by atoms with Gasteiger partial charge in [0.25, 0.3) is 0 Å². The van der Waals surface area contributed by atoms with Gasteiger partial charge in [-0.2, -0.15) is 0 Å². The van der Waals surface area contributed by atoms with Crippen LogP contribution in [0.15, 0.2) is 23.6 Å². The van der Waals surface area contributed by atoms with Gasteiger partial charge in [0.15, 0.2) is 5.16 Å². The first-order valence-electron chi connectivity index (χ1n) is 7.11. The van der Waals surface area contributed by atoms with Gasteiger partial charge in [-0.1, -0.05) is 25.6 Å². The van der Waals surface area contributed by atoms with Crippen molar-refractivity contribution in [3.8, 4) is 0 Å². The van der Waals surface area contributed by atoms with Crippen molar-refractivity contribution in [3.63, 3.8) is 0 Å². The monoisotopic (exact) mass is 296 g/mol. The molecule has 0 aliphatic rings. The van der Waals surface area contributed by atoms with Crippen molar-refractivity contribution in [2.24, 2.45) is 0 Å². The zero-order chi connectivity index (χ0) is 14.8. The van der Waals surface area contributed by atoms with Gasteiger partial charge in [-0.05, 0) is 39.0 Å². The van der Waals surface area contributed by atoms with E-state index < -0.39 is 0 Å². The highest BCUT2D eigenvalue weighted by Gasteiger charge is 2.15. The Bertz CT molecular complexity index is 384. The van der Waals surface area contributed by atoms with Crippen molar-refractivity contribution in [3.05, 3.63) is 18.5 Å². The normalized spacial score (nSPS) is 12.4. The molecule has 0 bridgehead atoms. The van der Waals surface area contributed by atoms with Crippen molar-refractivity contribution in [1.29, 1.82) is 0 Å². The first-order valence-corrected chi connectivity index (χ1v) is 7.99. The molecule has 1 heterocycles. The highest BCUT2D eigenvalue weighted by Crippen LogP contribution is 2.17. The first-order chi connectivity index (χ1) is 9.67. The average molecular weight is 296 g/mol. The van der Waals surface area contributed by atoms with E-state index in [0.717, 1.165) is 32.6 Å². The molecule has 1 aromatic rings. The van der Waals surface area contributed by atoms with Gasteiger partial charge >= 0.3 is 0 Å². The van der Waals surface area contributed by atoms with E-state index in [1.807, 2.05) is 6.92 Å². The van der Waals surface area contributed by atoms with Crippen molar-refractivity contribution >= 4 is 17.7 Å². The standard InChI is InChI=1S/C14H24N4OS/c1-4-18(5-2)11-7-10-15-13(19)12(3)20-14-16-8-6-9-17-14/h6,8-9,12H,4-5,7,10-11H2,1-3H3,(H,15,19). The van der Waals surface area contributed by atoms with Gasteiger partial charge in [-0.25, -0.2) is 9.97 Å². The van der Waals surface area contributed by atoms with Crippen LogP contribution in [0, 0.1) is 0 Å². The predicted molar refractivity (Wildman–Crippen MR) is 82.8 cm³/mol. The second-order valence-electron chi connectivity index (χ2n) is 4.46. The maximum atomic E-state index is 11.9. The third-order valence-electron chi connectivity index (χ3n) is 3.04. The minimum absolute atomic E-state index is 0.0435. The molecule has 0 radical (unpaired) electrons. The summed E-state index contributed by atoms with van der Waals surface area (Å²) in [7, 11) is 0. The molecule has 0 aliphatic carbocycles. The lowest BCUT2D eigenvalue weighted by molar-refractivity contribution is -0.120. The maximum Gasteiger partial charge on any atom is 0.233 e. The third-order valence-corrected chi connectivity index (χ3v) is 4.03. The fraction of sp³-hybridized carbons (Fsp3) is 0.643. The Hall–Kier alpha value is -1.14. The van der Waals surface area contributed by atoms with Gasteiger partial charge < -0.3 is 10.2 Å². The van der Waals surface area contributed by atoms with Crippen molar-refractivity contribution in [1.82, 2.24) is 20.2 Å². The molecule has 0 saturated carbocycles. The molecule has 1 amide bonds. The highest BCUT2D eigenvalue weighted by atomic mass is 32.2. The number of carbonyl (C=O) groups excluding carboxylic acids is 1. The summed E-state index contributed by atoms with van der Waals surface area (Å²) < 4.78 is 0. The third kappa shape index (κ3) is 6.34. The van der Waals surface area contributed by atoms with Crippen LogP contribution < -0.4 is 5.32 Å². The molecule has 1 aromatic heterocycles. The summed E-state index contributed by atoms with van der Waals surface area (Å²) in [5, 5.41) is 3.43. The Morgan fingerprint density at radius 3 is 2.60 bits per heavy atom. The van der Waals surface area contributed by atoms with E-state index in [9.17, 15) is 4.79 Å². The fourth-order valence-corrected chi connectivity index (χ4v) is 2.51. The summed E-state index contributed by atoms with van der Waals surface area (Å²) in [6.07, 6.45) is 4.35. The van der Waals surface area contributed by atoms with Gasteiger partial charge in [0.05, 0.1) is 5.25 Å². The van der Waals surface area contributed by atoms with Gasteiger partial charge in [-0.3, -0.25) is 4.79 Å². The molecule has 112 valence electrons. The van der Waals surface area contributed by atoms with Gasteiger partial charge in [0, 0.05) is 18.9 Å². The minimum atomic E-state index is -0.175. The number of nitrogens with zero attached hydrogens (tertiary/aromatic N) is 3. The van der Waals surface area contributed by atoms with Crippen LogP contribution in [0.2, 0.25) is 0 Å². The van der Waals surface area contributed by atoms with Crippen molar-refractivity contribution in [2.45, 2.75) is 37.6 Å². The molecule has 0 saturated heterocycles. The Labute approximate surface area is 125 Å². The largest absolute Gasteiger partial charge is 0.355 e. The number of aromatic nitrogens is 2. The minimum Gasteiger partial charge on any atom is -0.355 e. The molecule has 5 nitrogen and oxygen atoms in total. The molecule has 1 unspecified atom stereocenters. The molecule has 0 fully saturated rings. The summed E-state index contributed by atoms with van der Waals surface area (Å²) in [6.45, 7) is 10.0. The van der Waals surface area contributed by atoms with Gasteiger partial charge in [0.1, 0.15) is 0 Å². The second-order valence-corrected chi connectivity index (χ2v) is 5.77. The lowest BCUT2D eigenvalue weighted by atomic mass is 10.3. The number of carbonyl (C=O) groups is 1. The number of hydrogen-bond acceptors (Lipinski definition) is 5. The van der Waals surface area contributed by atoms with Crippen LogP contribution in [0.4, 0.5) is 0 Å². The van der Waals surface area contributed by atoms with Crippen LogP contribution in [0.25, 0.3) is 0 Å². The molecule has 1 atom stereocenters. The summed E-state index contributed by atoms with van der Waals surface area (Å²) in [5.74, 6) is 0.0435. The first kappa shape index (κ1) is 16.9. The van der Waals surface area contributed by atoms with Gasteiger partial charge in [0.2, 0.25) is 5.91 Å². The van der Waals surface area contributed by atoms with E-state index in [0.29, 0.717) is 5.16 Å². The molecule has 0 aliphatic heterocycles. The van der Waals surface area contributed by atoms with E-state index in [1.54, 1.807) is 18.5 Å². The van der Waals surface area contributed by atoms with E-state index >= 15 is 0 Å². The number of thioether (sulfide) groups is 1. The van der Waals surface area contributed by atoms with Crippen LogP contribution >= 0.6 is 11.8 Å². The Morgan fingerprint density at radius 2 is 2.00 bits per heavy atom. The SMILES string of the molecule is CCN(CC)CCCNC(=O)C(C)Sc1ncccn1. The molecule has 20 heavy (non-hydrogen) atoms. The molecular weight excluding hydrogens is 272 g/mol. The van der Waals surface area contributed by atoms with Crippen LogP contribution in [0.3, 0.4) is 0 Å². The molecule has 6 heteroatoms. The molecule has 0 spiro atoms. The Balaban J connectivity index is 2.22. The lowest BCUT2D eigenvalue weighted by Crippen LogP contribution is -2.34. The number of hydrogen-bond donors (Lipinski definition) is 1. The zero-order valence-electron chi connectivity index (χ0n) is 12.5. The van der Waals surface area contributed by atoms with Gasteiger partial charge in [-0.15, -0.1) is 0 Å². The lowest BCUT2D eigenvalue weighted by Gasteiger charge is -2.18. The molecule has 1 rings (SSSR count). The number of nitrogens with one attached hydrogen (secondary N) is 1. The molecular formula is C14H24N4OS. The smallest absolute Gasteiger partial charge is 0.233 e. The average Bonchev–Trinajstić information content (AvgIpc) is 2.48. The van der Waals surface area contributed by atoms with Crippen molar-refractivity contribution in [2.75, 3.05) is 26.2 Å². The summed E-state index contributed by atoms with van der Waals surface area (Å²) >= 11 is 1.38. The summed E-state index contributed by atoms with van der Waals surface area (Å²) in [5.41, 5.74) is 0.